The number of benzene rings is 3. The van der Waals surface area contributed by atoms with E-state index in [-0.39, 0.29) is 11.3 Å². The van der Waals surface area contributed by atoms with Crippen LogP contribution in [-0.2, 0) is 21.2 Å². The van der Waals surface area contributed by atoms with Crippen molar-refractivity contribution in [2.45, 2.75) is 35.4 Å². The molecule has 2 atom stereocenters. The molecule has 1 aliphatic heterocycles. The molecule has 0 aromatic heterocycles. The van der Waals surface area contributed by atoms with E-state index < -0.39 is 10.0 Å². The van der Waals surface area contributed by atoms with Gasteiger partial charge in [0, 0.05) is 24.4 Å². The second kappa shape index (κ2) is 9.52. The number of nitrogens with zero attached hydrogens (tertiary/aromatic N) is 1. The van der Waals surface area contributed by atoms with Crippen molar-refractivity contribution in [3.8, 4) is 0 Å². The van der Waals surface area contributed by atoms with Crippen molar-refractivity contribution in [1.29, 1.82) is 0 Å². The van der Waals surface area contributed by atoms with Gasteiger partial charge in [-0.3, -0.25) is 0 Å². The van der Waals surface area contributed by atoms with Gasteiger partial charge in [-0.15, -0.1) is 0 Å². The van der Waals surface area contributed by atoms with Crippen LogP contribution in [0.15, 0.2) is 77.7 Å². The third kappa shape index (κ3) is 4.89. The van der Waals surface area contributed by atoms with Gasteiger partial charge in [-0.05, 0) is 47.7 Å². The van der Waals surface area contributed by atoms with Crippen molar-refractivity contribution in [2.24, 2.45) is 0 Å². The minimum atomic E-state index is -3.59. The normalized spacial score (nSPS) is 20.0. The molecular weight excluding hydrogens is 414 g/mol. The average Bonchev–Trinajstić information content (AvgIpc) is 3.15. The summed E-state index contributed by atoms with van der Waals surface area (Å²) in [6.07, 6.45) is 2.58. The molecule has 0 aliphatic carbocycles. The van der Waals surface area contributed by atoms with E-state index in [0.717, 1.165) is 23.6 Å². The van der Waals surface area contributed by atoms with E-state index in [4.69, 9.17) is 4.74 Å². The topological polar surface area (TPSA) is 46.6 Å². The largest absolute Gasteiger partial charge is 0.380 e. The van der Waals surface area contributed by atoms with Crippen molar-refractivity contribution < 1.29 is 13.2 Å². The number of aryl methyl sites for hydroxylation is 1. The first kappa shape index (κ1) is 21.4. The van der Waals surface area contributed by atoms with Gasteiger partial charge >= 0.3 is 0 Å². The van der Waals surface area contributed by atoms with Crippen LogP contribution in [0, 0.1) is 0 Å². The number of sulfonamides is 1. The van der Waals surface area contributed by atoms with E-state index in [9.17, 15) is 8.42 Å². The molecule has 0 unspecified atom stereocenters. The van der Waals surface area contributed by atoms with E-state index in [0.29, 0.717) is 31.1 Å². The number of hydrogen-bond acceptors (Lipinski definition) is 4. The molecule has 1 saturated heterocycles. The molecule has 6 heteroatoms. The maximum atomic E-state index is 13.3. The summed E-state index contributed by atoms with van der Waals surface area (Å²) >= 11 is 4.56. The molecule has 0 saturated carbocycles. The summed E-state index contributed by atoms with van der Waals surface area (Å²) in [4.78, 5) is 0.331. The summed E-state index contributed by atoms with van der Waals surface area (Å²) in [5.41, 5.74) is 1.29. The van der Waals surface area contributed by atoms with Crippen molar-refractivity contribution in [2.75, 3.05) is 19.8 Å². The van der Waals surface area contributed by atoms with Crippen LogP contribution in [0.25, 0.3) is 10.8 Å². The molecule has 0 radical (unpaired) electrons. The molecule has 0 bridgehead atoms. The Kier molecular flexibility index (Phi) is 6.78. The summed E-state index contributed by atoms with van der Waals surface area (Å²) in [6, 6.07) is 23.2. The van der Waals surface area contributed by atoms with Crippen LogP contribution < -0.4 is 0 Å². The maximum absolute atomic E-state index is 13.3. The molecule has 30 heavy (non-hydrogen) atoms. The molecule has 0 N–H and O–H groups in total. The summed E-state index contributed by atoms with van der Waals surface area (Å²) in [5.74, 6) is 0. The highest BCUT2D eigenvalue weighted by atomic mass is 32.2. The fourth-order valence-electron chi connectivity index (χ4n) is 4.01. The maximum Gasteiger partial charge on any atom is 0.243 e. The van der Waals surface area contributed by atoms with Crippen LogP contribution in [-0.4, -0.2) is 43.8 Å². The molecule has 3 aromatic rings. The SMILES string of the molecule is O=S(=O)(c1ccc2ccccc2c1)N1C[C@H](S)C[C@H]1COCCCc1ccccc1. The van der Waals surface area contributed by atoms with Crippen LogP contribution in [0.2, 0.25) is 0 Å². The second-order valence-corrected chi connectivity index (χ2v) is 10.4. The average molecular weight is 442 g/mol. The Balaban J connectivity index is 1.39. The van der Waals surface area contributed by atoms with Crippen LogP contribution in [0.3, 0.4) is 0 Å². The lowest BCUT2D eigenvalue weighted by molar-refractivity contribution is 0.0974. The molecule has 1 aliphatic rings. The molecule has 4 nitrogen and oxygen atoms in total. The van der Waals surface area contributed by atoms with Crippen LogP contribution in [0.1, 0.15) is 18.4 Å². The van der Waals surface area contributed by atoms with Crippen molar-refractivity contribution in [3.63, 3.8) is 0 Å². The predicted octanol–water partition coefficient (Wildman–Crippen LogP) is 4.55. The highest BCUT2D eigenvalue weighted by molar-refractivity contribution is 7.89. The third-order valence-corrected chi connectivity index (χ3v) is 7.87. The summed E-state index contributed by atoms with van der Waals surface area (Å²) in [6.45, 7) is 1.43. The van der Waals surface area contributed by atoms with Gasteiger partial charge in [-0.25, -0.2) is 8.42 Å². The standard InChI is InChI=1S/C24H27NO3S2/c26-30(27,24-13-12-20-10-4-5-11-21(20)15-24)25-17-23(29)16-22(25)18-28-14-6-9-19-7-2-1-3-8-19/h1-5,7-8,10-13,15,22-23,29H,6,9,14,16-18H2/t22-,23+/m0/s1. The fourth-order valence-corrected chi connectivity index (χ4v) is 6.25. The molecule has 0 spiro atoms. The Labute approximate surface area is 184 Å². The molecule has 0 amide bonds. The Hall–Kier alpha value is -1.86. The van der Waals surface area contributed by atoms with Gasteiger partial charge in [-0.2, -0.15) is 16.9 Å². The highest BCUT2D eigenvalue weighted by Crippen LogP contribution is 2.30. The minimum absolute atomic E-state index is 0.0261. The zero-order valence-electron chi connectivity index (χ0n) is 16.9. The van der Waals surface area contributed by atoms with E-state index in [1.165, 1.54) is 5.56 Å². The van der Waals surface area contributed by atoms with Crippen molar-refractivity contribution >= 4 is 33.4 Å². The summed E-state index contributed by atoms with van der Waals surface area (Å²) in [7, 11) is -3.59. The van der Waals surface area contributed by atoms with Crippen molar-refractivity contribution in [1.82, 2.24) is 4.31 Å². The molecule has 3 aromatic carbocycles. The molecule has 158 valence electrons. The predicted molar refractivity (Wildman–Crippen MR) is 125 cm³/mol. The van der Waals surface area contributed by atoms with Crippen LogP contribution >= 0.6 is 12.6 Å². The van der Waals surface area contributed by atoms with Gasteiger partial charge < -0.3 is 4.74 Å². The third-order valence-electron chi connectivity index (χ3n) is 5.58. The Bertz CT molecular complexity index is 1090. The van der Waals surface area contributed by atoms with Crippen molar-refractivity contribution in [3.05, 3.63) is 78.4 Å². The Morgan fingerprint density at radius 2 is 1.70 bits per heavy atom. The lowest BCUT2D eigenvalue weighted by atomic mass is 10.1. The van der Waals surface area contributed by atoms with Gasteiger partial charge in [0.05, 0.1) is 11.5 Å². The molecule has 4 rings (SSSR count). The lowest BCUT2D eigenvalue weighted by Gasteiger charge is -2.24. The zero-order chi connectivity index (χ0) is 21.0. The quantitative estimate of drug-likeness (QED) is 0.412. The van der Waals surface area contributed by atoms with Gasteiger partial charge in [-0.1, -0.05) is 60.7 Å². The number of fused-ring (bicyclic) bond motifs is 1. The molecule has 1 fully saturated rings. The fraction of sp³-hybridized carbons (Fsp3) is 0.333. The first-order chi connectivity index (χ1) is 14.5. The number of thiol groups is 1. The first-order valence-corrected chi connectivity index (χ1v) is 12.3. The highest BCUT2D eigenvalue weighted by Gasteiger charge is 2.39. The van der Waals surface area contributed by atoms with Gasteiger partial charge in [0.15, 0.2) is 0 Å². The first-order valence-electron chi connectivity index (χ1n) is 10.3. The van der Waals surface area contributed by atoms with Gasteiger partial charge in [0.1, 0.15) is 0 Å². The summed E-state index contributed by atoms with van der Waals surface area (Å²) < 4.78 is 34.1. The number of rotatable bonds is 8. The zero-order valence-corrected chi connectivity index (χ0v) is 18.6. The van der Waals surface area contributed by atoms with Gasteiger partial charge in [0.25, 0.3) is 0 Å². The molecular formula is C24H27NO3S2. The van der Waals surface area contributed by atoms with E-state index in [2.05, 4.69) is 24.8 Å². The van der Waals surface area contributed by atoms with Crippen LogP contribution in [0.4, 0.5) is 0 Å². The Morgan fingerprint density at radius 3 is 2.50 bits per heavy atom. The van der Waals surface area contributed by atoms with E-state index >= 15 is 0 Å². The van der Waals surface area contributed by atoms with Gasteiger partial charge in [0.2, 0.25) is 10.0 Å². The summed E-state index contributed by atoms with van der Waals surface area (Å²) in [5, 5.41) is 1.98. The monoisotopic (exact) mass is 441 g/mol. The number of hydrogen-bond donors (Lipinski definition) is 1. The van der Waals surface area contributed by atoms with E-state index in [1.54, 1.807) is 16.4 Å². The molecule has 1 heterocycles. The van der Waals surface area contributed by atoms with E-state index in [1.807, 2.05) is 48.5 Å². The number of ether oxygens (including phenoxy) is 1. The van der Waals surface area contributed by atoms with Crippen LogP contribution in [0.5, 0.6) is 0 Å². The second-order valence-electron chi connectivity index (χ2n) is 7.79. The Morgan fingerprint density at radius 1 is 0.967 bits per heavy atom. The lowest BCUT2D eigenvalue weighted by Crippen LogP contribution is -2.38. The smallest absolute Gasteiger partial charge is 0.243 e. The minimum Gasteiger partial charge on any atom is -0.380 e.